The van der Waals surface area contributed by atoms with E-state index in [0.717, 1.165) is 5.69 Å². The normalized spacial score (nSPS) is 10.7. The summed E-state index contributed by atoms with van der Waals surface area (Å²) in [4.78, 5) is 16.0. The number of alkyl halides is 1. The lowest BCUT2D eigenvalue weighted by atomic mass is 10.0. The largest absolute Gasteiger partial charge is 0.484 e. The van der Waals surface area contributed by atoms with Crippen molar-refractivity contribution in [3.8, 4) is 5.75 Å². The third-order valence-electron chi connectivity index (χ3n) is 2.83. The minimum absolute atomic E-state index is 0.0443. The molecule has 21 heavy (non-hydrogen) atoms. The lowest BCUT2D eigenvalue weighted by Crippen LogP contribution is -2.20. The zero-order valence-corrected chi connectivity index (χ0v) is 13.5. The van der Waals surface area contributed by atoms with Crippen LogP contribution in [0.5, 0.6) is 5.75 Å². The average Bonchev–Trinajstić information content (AvgIpc) is 2.93. The molecule has 1 amide bonds. The summed E-state index contributed by atoms with van der Waals surface area (Å²) >= 11 is 7.01. The number of carbonyl (C=O) groups is 1. The lowest BCUT2D eigenvalue weighted by Gasteiger charge is -2.09. The summed E-state index contributed by atoms with van der Waals surface area (Å²) in [5.41, 5.74) is 1.93. The summed E-state index contributed by atoms with van der Waals surface area (Å²) in [5.74, 6) is 1.22. The highest BCUT2D eigenvalue weighted by atomic mass is 35.5. The molecular formula is C15H17ClN2O2S. The molecule has 0 atom stereocenters. The van der Waals surface area contributed by atoms with Crippen molar-refractivity contribution in [3.63, 3.8) is 0 Å². The third-order valence-corrected chi connectivity index (χ3v) is 3.91. The van der Waals surface area contributed by atoms with Crippen LogP contribution in [-0.4, -0.2) is 17.5 Å². The third kappa shape index (κ3) is 4.72. The first kappa shape index (κ1) is 15.8. The summed E-state index contributed by atoms with van der Waals surface area (Å²) in [5, 5.41) is 5.04. The van der Waals surface area contributed by atoms with Crippen LogP contribution in [0.4, 0.5) is 5.13 Å². The summed E-state index contributed by atoms with van der Waals surface area (Å²) in [7, 11) is 0. The van der Waals surface area contributed by atoms with Gasteiger partial charge in [0.25, 0.3) is 5.91 Å². The van der Waals surface area contributed by atoms with Gasteiger partial charge in [0.15, 0.2) is 11.7 Å². The number of hydrogen-bond acceptors (Lipinski definition) is 4. The number of anilines is 1. The van der Waals surface area contributed by atoms with Crippen LogP contribution in [0.1, 0.15) is 31.0 Å². The van der Waals surface area contributed by atoms with Crippen molar-refractivity contribution < 1.29 is 9.53 Å². The number of hydrogen-bond donors (Lipinski definition) is 1. The van der Waals surface area contributed by atoms with Crippen LogP contribution >= 0.6 is 22.9 Å². The van der Waals surface area contributed by atoms with Gasteiger partial charge in [-0.05, 0) is 23.6 Å². The lowest BCUT2D eigenvalue weighted by molar-refractivity contribution is -0.118. The second-order valence-electron chi connectivity index (χ2n) is 4.84. The second kappa shape index (κ2) is 7.43. The molecule has 2 rings (SSSR count). The average molecular weight is 325 g/mol. The molecule has 112 valence electrons. The van der Waals surface area contributed by atoms with Gasteiger partial charge >= 0.3 is 0 Å². The number of halogens is 1. The number of nitrogens with one attached hydrogen (secondary N) is 1. The second-order valence-corrected chi connectivity index (χ2v) is 5.97. The van der Waals surface area contributed by atoms with E-state index in [0.29, 0.717) is 22.7 Å². The predicted octanol–water partition coefficient (Wildman–Crippen LogP) is 4.02. The van der Waals surface area contributed by atoms with E-state index >= 15 is 0 Å². The topological polar surface area (TPSA) is 51.2 Å². The maximum atomic E-state index is 11.8. The monoisotopic (exact) mass is 324 g/mol. The summed E-state index contributed by atoms with van der Waals surface area (Å²) in [6, 6.07) is 7.76. The summed E-state index contributed by atoms with van der Waals surface area (Å²) < 4.78 is 5.50. The zero-order valence-electron chi connectivity index (χ0n) is 11.9. The number of aromatic nitrogens is 1. The van der Waals surface area contributed by atoms with Crippen LogP contribution in [0.25, 0.3) is 0 Å². The van der Waals surface area contributed by atoms with Crippen molar-refractivity contribution in [1.29, 1.82) is 0 Å². The van der Waals surface area contributed by atoms with Gasteiger partial charge in [-0.1, -0.05) is 26.0 Å². The molecule has 0 aliphatic heterocycles. The molecule has 0 spiro atoms. The fourth-order valence-electron chi connectivity index (χ4n) is 1.69. The van der Waals surface area contributed by atoms with Gasteiger partial charge in [-0.3, -0.25) is 10.1 Å². The molecule has 0 fully saturated rings. The summed E-state index contributed by atoms with van der Waals surface area (Å²) in [6.45, 7) is 4.18. The quantitative estimate of drug-likeness (QED) is 0.816. The maximum Gasteiger partial charge on any atom is 0.264 e. The first-order chi connectivity index (χ1) is 10.1. The number of carbonyl (C=O) groups excluding carboxylic acids is 1. The van der Waals surface area contributed by atoms with Gasteiger partial charge < -0.3 is 4.74 Å². The van der Waals surface area contributed by atoms with Crippen LogP contribution in [0.3, 0.4) is 0 Å². The van der Waals surface area contributed by atoms with Gasteiger partial charge in [-0.25, -0.2) is 4.98 Å². The van der Waals surface area contributed by atoms with Crippen LogP contribution in [0.2, 0.25) is 0 Å². The number of benzene rings is 1. The van der Waals surface area contributed by atoms with Crippen LogP contribution in [-0.2, 0) is 10.7 Å². The number of amides is 1. The Morgan fingerprint density at radius 3 is 2.95 bits per heavy atom. The zero-order chi connectivity index (χ0) is 15.2. The fourth-order valence-corrected chi connectivity index (χ4v) is 2.65. The van der Waals surface area contributed by atoms with Gasteiger partial charge in [0.2, 0.25) is 0 Å². The summed E-state index contributed by atoms with van der Waals surface area (Å²) in [6.07, 6.45) is 0. The van der Waals surface area contributed by atoms with Gasteiger partial charge in [0.05, 0.1) is 11.6 Å². The standard InChI is InChI=1S/C15H17ClN2O2S/c1-10(2)11-4-3-5-13(6-11)20-8-14(19)18-15-17-12(7-16)9-21-15/h3-6,9-10H,7-8H2,1-2H3,(H,17,18,19). The molecule has 1 heterocycles. The molecule has 6 heteroatoms. The Labute approximate surface area is 133 Å². The Hall–Kier alpha value is -1.59. The minimum atomic E-state index is -0.236. The molecule has 0 aliphatic carbocycles. The van der Waals surface area contributed by atoms with Crippen LogP contribution < -0.4 is 10.1 Å². The van der Waals surface area contributed by atoms with E-state index in [1.165, 1.54) is 16.9 Å². The Balaban J connectivity index is 1.87. The van der Waals surface area contributed by atoms with Crippen molar-refractivity contribution in [2.24, 2.45) is 0 Å². The number of ether oxygens (including phenoxy) is 1. The molecule has 0 saturated carbocycles. The van der Waals surface area contributed by atoms with E-state index in [-0.39, 0.29) is 12.5 Å². The molecular weight excluding hydrogens is 308 g/mol. The SMILES string of the molecule is CC(C)c1cccc(OCC(=O)Nc2nc(CCl)cs2)c1. The van der Waals surface area contributed by atoms with E-state index in [2.05, 4.69) is 24.1 Å². The Morgan fingerprint density at radius 1 is 1.48 bits per heavy atom. The van der Waals surface area contributed by atoms with E-state index in [1.54, 1.807) is 0 Å². The first-order valence-electron chi connectivity index (χ1n) is 6.61. The Bertz CT molecular complexity index is 613. The van der Waals surface area contributed by atoms with Gasteiger partial charge in [-0.2, -0.15) is 0 Å². The van der Waals surface area contributed by atoms with Crippen molar-refractivity contribution in [3.05, 3.63) is 40.9 Å². The molecule has 0 saturated heterocycles. The van der Waals surface area contributed by atoms with Gasteiger partial charge in [0, 0.05) is 5.38 Å². The van der Waals surface area contributed by atoms with Gasteiger partial charge in [0.1, 0.15) is 5.75 Å². The van der Waals surface area contributed by atoms with E-state index in [4.69, 9.17) is 16.3 Å². The van der Waals surface area contributed by atoms with Crippen molar-refractivity contribution >= 4 is 34.0 Å². The highest BCUT2D eigenvalue weighted by molar-refractivity contribution is 7.13. The smallest absolute Gasteiger partial charge is 0.264 e. The molecule has 4 nitrogen and oxygen atoms in total. The molecule has 2 aromatic rings. The highest BCUT2D eigenvalue weighted by Gasteiger charge is 2.08. The number of thiazole rings is 1. The molecule has 0 unspecified atom stereocenters. The van der Waals surface area contributed by atoms with Gasteiger partial charge in [-0.15, -0.1) is 22.9 Å². The Morgan fingerprint density at radius 2 is 2.29 bits per heavy atom. The fraction of sp³-hybridized carbons (Fsp3) is 0.333. The van der Waals surface area contributed by atoms with Crippen LogP contribution in [0.15, 0.2) is 29.6 Å². The molecule has 1 aromatic heterocycles. The highest BCUT2D eigenvalue weighted by Crippen LogP contribution is 2.20. The number of nitrogens with zero attached hydrogens (tertiary/aromatic N) is 1. The maximum absolute atomic E-state index is 11.8. The van der Waals surface area contributed by atoms with E-state index in [1.807, 2.05) is 29.6 Å². The Kier molecular flexibility index (Phi) is 5.59. The van der Waals surface area contributed by atoms with Crippen molar-refractivity contribution in [2.75, 3.05) is 11.9 Å². The number of rotatable bonds is 6. The first-order valence-corrected chi connectivity index (χ1v) is 8.03. The molecule has 1 N–H and O–H groups in total. The molecule has 0 radical (unpaired) electrons. The predicted molar refractivity (Wildman–Crippen MR) is 86.3 cm³/mol. The van der Waals surface area contributed by atoms with Crippen molar-refractivity contribution in [1.82, 2.24) is 4.98 Å². The van der Waals surface area contributed by atoms with Crippen molar-refractivity contribution in [2.45, 2.75) is 25.6 Å². The molecule has 0 bridgehead atoms. The van der Waals surface area contributed by atoms with E-state index in [9.17, 15) is 4.79 Å². The minimum Gasteiger partial charge on any atom is -0.484 e. The van der Waals surface area contributed by atoms with E-state index < -0.39 is 0 Å². The molecule has 0 aliphatic rings. The molecule has 1 aromatic carbocycles. The van der Waals surface area contributed by atoms with Crippen LogP contribution in [0, 0.1) is 0 Å².